The summed E-state index contributed by atoms with van der Waals surface area (Å²) in [4.78, 5) is 2.35. The molecule has 2 aliphatic heterocycles. The molecule has 0 saturated carbocycles. The minimum Gasteiger partial charge on any atom is -0.490 e. The number of alkyl halides is 2. The lowest BCUT2D eigenvalue weighted by Crippen LogP contribution is -2.41. The number of nitrogens with one attached hydrogen (secondary N) is 1. The Bertz CT molecular complexity index is 1240. The Morgan fingerprint density at radius 1 is 0.976 bits per heavy atom. The molecule has 1 N–H and O–H groups in total. The van der Waals surface area contributed by atoms with Crippen LogP contribution in [-0.4, -0.2) is 71.7 Å². The van der Waals surface area contributed by atoms with Gasteiger partial charge >= 0.3 is 5.92 Å². The summed E-state index contributed by atoms with van der Waals surface area (Å²) in [5, 5.41) is 3.44. The Hall–Kier alpha value is -3.40. The summed E-state index contributed by atoms with van der Waals surface area (Å²) < 4.78 is 56.9. The summed E-state index contributed by atoms with van der Waals surface area (Å²) in [6.07, 6.45) is 1.86. The van der Waals surface area contributed by atoms with Crippen molar-refractivity contribution >= 4 is 5.69 Å². The molecule has 2 aliphatic rings. The van der Waals surface area contributed by atoms with Gasteiger partial charge in [0.25, 0.3) is 0 Å². The van der Waals surface area contributed by atoms with Crippen LogP contribution in [0, 0.1) is 0 Å². The van der Waals surface area contributed by atoms with Gasteiger partial charge in [-0.2, -0.15) is 8.78 Å². The van der Waals surface area contributed by atoms with Crippen LogP contribution in [0.15, 0.2) is 72.8 Å². The van der Waals surface area contributed by atoms with Crippen LogP contribution in [0.4, 0.5) is 14.5 Å². The second kappa shape index (κ2) is 14.7. The zero-order valence-corrected chi connectivity index (χ0v) is 24.1. The molecule has 0 bridgehead atoms. The van der Waals surface area contributed by atoms with E-state index in [9.17, 15) is 8.78 Å². The third-order valence-corrected chi connectivity index (χ3v) is 7.60. The maximum absolute atomic E-state index is 14.3. The quantitative estimate of drug-likeness (QED) is 0.246. The summed E-state index contributed by atoms with van der Waals surface area (Å²) >= 11 is 0. The summed E-state index contributed by atoms with van der Waals surface area (Å²) in [6.45, 7) is 3.81. The molecule has 2 heterocycles. The number of hydrogen-bond acceptors (Lipinski definition) is 7. The van der Waals surface area contributed by atoms with E-state index in [2.05, 4.69) is 22.3 Å². The number of rotatable bonds is 14. The lowest BCUT2D eigenvalue weighted by Gasteiger charge is -2.33. The zero-order chi connectivity index (χ0) is 29.2. The van der Waals surface area contributed by atoms with Gasteiger partial charge in [-0.25, -0.2) is 0 Å². The zero-order valence-electron chi connectivity index (χ0n) is 24.1. The maximum Gasteiger partial charge on any atom is 0.314 e. The Balaban J connectivity index is 1.15. The Morgan fingerprint density at radius 2 is 1.74 bits per heavy atom. The number of hydrogen-bond donors (Lipinski definition) is 1. The van der Waals surface area contributed by atoms with E-state index in [1.807, 2.05) is 18.2 Å². The van der Waals surface area contributed by atoms with E-state index in [0.29, 0.717) is 24.7 Å². The van der Waals surface area contributed by atoms with Crippen LogP contribution in [0.3, 0.4) is 0 Å². The fraction of sp³-hybridized carbons (Fsp3) is 0.455. The largest absolute Gasteiger partial charge is 0.490 e. The normalized spacial score (nSPS) is 18.7. The van der Waals surface area contributed by atoms with Crippen LogP contribution in [-0.2, 0) is 16.1 Å². The van der Waals surface area contributed by atoms with Gasteiger partial charge in [0.2, 0.25) is 0 Å². The third-order valence-electron chi connectivity index (χ3n) is 7.60. The van der Waals surface area contributed by atoms with E-state index in [-0.39, 0.29) is 12.0 Å². The third kappa shape index (κ3) is 8.33. The monoisotopic (exact) mass is 582 g/mol. The SMILES string of the molecule is COCCCN1CCOc2ccc(CO[C@H]3CNCC[C@@H]3c3ccc(OCC(F)(F)COc4ccccc4)cc3)cc21. The van der Waals surface area contributed by atoms with Gasteiger partial charge < -0.3 is 33.9 Å². The number of para-hydroxylation sites is 1. The van der Waals surface area contributed by atoms with Gasteiger partial charge in [0.05, 0.1) is 24.9 Å². The van der Waals surface area contributed by atoms with Crippen LogP contribution in [0.2, 0.25) is 0 Å². The minimum absolute atomic E-state index is 0.0184. The highest BCUT2D eigenvalue weighted by molar-refractivity contribution is 5.61. The highest BCUT2D eigenvalue weighted by atomic mass is 19.3. The molecule has 2 atom stereocenters. The topological polar surface area (TPSA) is 61.4 Å². The average Bonchev–Trinajstić information content (AvgIpc) is 3.03. The number of halogens is 2. The molecule has 0 radical (unpaired) electrons. The number of fused-ring (bicyclic) bond motifs is 1. The smallest absolute Gasteiger partial charge is 0.314 e. The van der Waals surface area contributed by atoms with Gasteiger partial charge in [-0.15, -0.1) is 0 Å². The van der Waals surface area contributed by atoms with Crippen molar-refractivity contribution in [2.45, 2.75) is 37.4 Å². The van der Waals surface area contributed by atoms with E-state index in [4.69, 9.17) is 23.7 Å². The minimum atomic E-state index is -3.12. The first kappa shape index (κ1) is 30.1. The van der Waals surface area contributed by atoms with Crippen molar-refractivity contribution < 1.29 is 32.5 Å². The summed E-state index contributed by atoms with van der Waals surface area (Å²) in [5.41, 5.74) is 3.31. The summed E-state index contributed by atoms with van der Waals surface area (Å²) in [7, 11) is 1.73. The first-order valence-corrected chi connectivity index (χ1v) is 14.6. The van der Waals surface area contributed by atoms with Crippen molar-refractivity contribution in [3.8, 4) is 17.2 Å². The summed E-state index contributed by atoms with van der Waals surface area (Å²) in [6, 6.07) is 22.3. The maximum atomic E-state index is 14.3. The van der Waals surface area contributed by atoms with E-state index in [1.165, 1.54) is 0 Å². The van der Waals surface area contributed by atoms with Gasteiger partial charge in [0, 0.05) is 32.7 Å². The number of ether oxygens (including phenoxy) is 5. The van der Waals surface area contributed by atoms with Crippen LogP contribution in [0.25, 0.3) is 0 Å². The van der Waals surface area contributed by atoms with E-state index < -0.39 is 19.1 Å². The van der Waals surface area contributed by atoms with Crippen molar-refractivity contribution in [3.63, 3.8) is 0 Å². The molecule has 1 fully saturated rings. The lowest BCUT2D eigenvalue weighted by atomic mass is 9.87. The molecule has 0 amide bonds. The molecule has 0 aromatic heterocycles. The highest BCUT2D eigenvalue weighted by Crippen LogP contribution is 2.34. The van der Waals surface area contributed by atoms with Crippen LogP contribution >= 0.6 is 0 Å². The van der Waals surface area contributed by atoms with E-state index >= 15 is 0 Å². The van der Waals surface area contributed by atoms with Crippen molar-refractivity contribution in [2.24, 2.45) is 0 Å². The number of benzene rings is 3. The highest BCUT2D eigenvalue weighted by Gasteiger charge is 2.32. The molecule has 5 rings (SSSR count). The second-order valence-electron chi connectivity index (χ2n) is 10.7. The van der Waals surface area contributed by atoms with E-state index in [0.717, 1.165) is 68.2 Å². The number of nitrogens with zero attached hydrogens (tertiary/aromatic N) is 1. The molecule has 42 heavy (non-hydrogen) atoms. The van der Waals surface area contributed by atoms with Crippen LogP contribution < -0.4 is 24.4 Å². The van der Waals surface area contributed by atoms with E-state index in [1.54, 1.807) is 49.6 Å². The van der Waals surface area contributed by atoms with Gasteiger partial charge in [-0.3, -0.25) is 0 Å². The first-order valence-electron chi connectivity index (χ1n) is 14.6. The molecule has 0 unspecified atom stereocenters. The van der Waals surface area contributed by atoms with Crippen LogP contribution in [0.5, 0.6) is 17.2 Å². The van der Waals surface area contributed by atoms with Gasteiger partial charge in [0.15, 0.2) is 13.2 Å². The Morgan fingerprint density at radius 3 is 2.50 bits per heavy atom. The Labute approximate surface area is 246 Å². The first-order chi connectivity index (χ1) is 20.5. The fourth-order valence-electron chi connectivity index (χ4n) is 5.38. The fourth-order valence-corrected chi connectivity index (χ4v) is 5.38. The molecule has 1 saturated heterocycles. The molecule has 0 aliphatic carbocycles. The molecule has 0 spiro atoms. The number of anilines is 1. The summed E-state index contributed by atoms with van der Waals surface area (Å²) in [5.74, 6) is -1.22. The molecule has 7 nitrogen and oxygen atoms in total. The average molecular weight is 583 g/mol. The molecular weight excluding hydrogens is 542 g/mol. The Kier molecular flexibility index (Phi) is 10.5. The molecule has 3 aromatic carbocycles. The number of methoxy groups -OCH3 is 1. The molecule has 226 valence electrons. The molecular formula is C33H40F2N2O5. The van der Waals surface area contributed by atoms with Crippen LogP contribution in [0.1, 0.15) is 29.9 Å². The van der Waals surface area contributed by atoms with Gasteiger partial charge in [-0.05, 0) is 66.9 Å². The molecule has 9 heteroatoms. The lowest BCUT2D eigenvalue weighted by molar-refractivity contribution is -0.0728. The number of piperidine rings is 1. The van der Waals surface area contributed by atoms with Crippen molar-refractivity contribution in [2.75, 3.05) is 64.6 Å². The van der Waals surface area contributed by atoms with Crippen molar-refractivity contribution in [1.82, 2.24) is 5.32 Å². The second-order valence-corrected chi connectivity index (χ2v) is 10.7. The van der Waals surface area contributed by atoms with Gasteiger partial charge in [-0.1, -0.05) is 36.4 Å². The predicted octanol–water partition coefficient (Wildman–Crippen LogP) is 5.68. The van der Waals surface area contributed by atoms with Crippen molar-refractivity contribution in [3.05, 3.63) is 83.9 Å². The van der Waals surface area contributed by atoms with Crippen molar-refractivity contribution in [1.29, 1.82) is 0 Å². The van der Waals surface area contributed by atoms with Gasteiger partial charge in [0.1, 0.15) is 23.9 Å². The standard InChI is InChI=1S/C33H40F2N2O5/c1-38-18-5-16-37-17-19-39-31-13-8-25(20-30(31)37)22-40-32-21-36-15-14-29(32)26-9-11-28(12-10-26)42-24-33(34,35)23-41-27-6-3-2-4-7-27/h2-4,6-13,20,29,32,36H,5,14-19,21-24H2,1H3/t29-,32+/m1/s1. The molecule has 3 aromatic rings. The predicted molar refractivity (Wildman–Crippen MR) is 158 cm³/mol.